The van der Waals surface area contributed by atoms with E-state index in [9.17, 15) is 0 Å². The SMILES string of the molecule is [CH2-]CN(CC)CC.[Hf]. The standard InChI is InChI=1S/C6H14N.Hf/c1-4-7(5-2)6-3;/h1,4-6H2,2-3H3;/q-1;. The molecule has 0 atom stereocenters. The zero-order valence-electron chi connectivity index (χ0n) is 5.78. The van der Waals surface area contributed by atoms with Crippen LogP contribution in [0.1, 0.15) is 13.8 Å². The van der Waals surface area contributed by atoms with Crippen molar-refractivity contribution in [2.24, 2.45) is 0 Å². The van der Waals surface area contributed by atoms with Gasteiger partial charge in [0.05, 0.1) is 0 Å². The molecule has 0 heterocycles. The van der Waals surface area contributed by atoms with E-state index >= 15 is 0 Å². The number of nitrogens with zero attached hydrogens (tertiary/aromatic N) is 1. The maximum Gasteiger partial charge on any atom is 0 e. The molecule has 0 spiro atoms. The van der Waals surface area contributed by atoms with E-state index in [1.807, 2.05) is 0 Å². The molecule has 0 amide bonds. The summed E-state index contributed by atoms with van der Waals surface area (Å²) in [5.74, 6) is 0. The maximum atomic E-state index is 3.75. The molecule has 0 aromatic rings. The van der Waals surface area contributed by atoms with Gasteiger partial charge in [-0.2, -0.15) is 0 Å². The second kappa shape index (κ2) is 7.83. The third kappa shape index (κ3) is 4.98. The zero-order chi connectivity index (χ0) is 5.70. The molecule has 0 N–H and O–H groups in total. The van der Waals surface area contributed by atoms with E-state index in [1.165, 1.54) is 0 Å². The Bertz CT molecular complexity index is 30.0. The van der Waals surface area contributed by atoms with Crippen LogP contribution in [-0.2, 0) is 25.8 Å². The van der Waals surface area contributed by atoms with Gasteiger partial charge in [-0.1, -0.05) is 13.8 Å². The Balaban J connectivity index is 0. The molecule has 1 nitrogen and oxygen atoms in total. The summed E-state index contributed by atoms with van der Waals surface area (Å²) in [7, 11) is 0. The smallest absolute Gasteiger partial charge is 0 e. The Kier molecular flexibility index (Phi) is 11.4. The fourth-order valence-electron chi connectivity index (χ4n) is 0.540. The third-order valence-corrected chi connectivity index (χ3v) is 1.21. The first-order valence-electron chi connectivity index (χ1n) is 2.86. The van der Waals surface area contributed by atoms with Crippen LogP contribution in [0.2, 0.25) is 0 Å². The molecule has 0 rings (SSSR count). The fraction of sp³-hybridized carbons (Fsp3) is 0.833. The Morgan fingerprint density at radius 2 is 1.62 bits per heavy atom. The molecule has 0 fully saturated rings. The van der Waals surface area contributed by atoms with Gasteiger partial charge in [0.1, 0.15) is 0 Å². The molecule has 0 aliphatic heterocycles. The third-order valence-electron chi connectivity index (χ3n) is 1.21. The van der Waals surface area contributed by atoms with Crippen LogP contribution in [0.25, 0.3) is 0 Å². The molecular formula is C6H14HfN-. The Labute approximate surface area is 71.2 Å². The van der Waals surface area contributed by atoms with Gasteiger partial charge in [0.25, 0.3) is 0 Å². The molecule has 0 aromatic heterocycles. The van der Waals surface area contributed by atoms with Crippen molar-refractivity contribution in [3.63, 3.8) is 0 Å². The molecule has 8 heavy (non-hydrogen) atoms. The van der Waals surface area contributed by atoms with Gasteiger partial charge in [0.15, 0.2) is 0 Å². The normalized spacial score (nSPS) is 9.00. The molecule has 0 saturated heterocycles. The van der Waals surface area contributed by atoms with E-state index in [-0.39, 0.29) is 25.8 Å². The van der Waals surface area contributed by atoms with Crippen LogP contribution in [0, 0.1) is 6.92 Å². The van der Waals surface area contributed by atoms with Crippen molar-refractivity contribution >= 4 is 0 Å². The molecule has 0 unspecified atom stereocenters. The van der Waals surface area contributed by atoms with Gasteiger partial charge < -0.3 is 11.8 Å². The Morgan fingerprint density at radius 1 is 1.25 bits per heavy atom. The zero-order valence-corrected chi connectivity index (χ0v) is 9.37. The summed E-state index contributed by atoms with van der Waals surface area (Å²) >= 11 is 0. The van der Waals surface area contributed by atoms with Crippen LogP contribution in [0.15, 0.2) is 0 Å². The van der Waals surface area contributed by atoms with Crippen LogP contribution in [-0.4, -0.2) is 24.5 Å². The van der Waals surface area contributed by atoms with Crippen molar-refractivity contribution in [2.45, 2.75) is 13.8 Å². The molecule has 0 aliphatic rings. The van der Waals surface area contributed by atoms with Gasteiger partial charge in [-0.25, -0.2) is 0 Å². The van der Waals surface area contributed by atoms with Gasteiger partial charge >= 0.3 is 0 Å². The quantitative estimate of drug-likeness (QED) is 0.553. The largest absolute Gasteiger partial charge is 0.333 e. The summed E-state index contributed by atoms with van der Waals surface area (Å²) in [6.07, 6.45) is 0. The van der Waals surface area contributed by atoms with Crippen molar-refractivity contribution in [1.82, 2.24) is 4.90 Å². The molecule has 0 aromatic carbocycles. The number of rotatable bonds is 3. The summed E-state index contributed by atoms with van der Waals surface area (Å²) in [5.41, 5.74) is 0. The first kappa shape index (κ1) is 11.6. The topological polar surface area (TPSA) is 3.24 Å². The average Bonchev–Trinajstić information content (AvgIpc) is 1.72. The Hall–Kier alpha value is 0.830. The van der Waals surface area contributed by atoms with E-state index in [1.54, 1.807) is 0 Å². The van der Waals surface area contributed by atoms with Gasteiger partial charge in [-0.15, -0.1) is 6.54 Å². The molecule has 48 valence electrons. The average molecular weight is 279 g/mol. The van der Waals surface area contributed by atoms with Crippen LogP contribution in [0.3, 0.4) is 0 Å². The Morgan fingerprint density at radius 3 is 1.62 bits per heavy atom. The summed E-state index contributed by atoms with van der Waals surface area (Å²) < 4.78 is 0. The van der Waals surface area contributed by atoms with Gasteiger partial charge in [-0.3, -0.25) is 0 Å². The minimum atomic E-state index is 0. The molecule has 0 radical (unpaired) electrons. The maximum absolute atomic E-state index is 3.75. The minimum Gasteiger partial charge on any atom is -0.333 e. The minimum absolute atomic E-state index is 0. The van der Waals surface area contributed by atoms with Gasteiger partial charge in [-0.05, 0) is 13.1 Å². The van der Waals surface area contributed by atoms with E-state index in [0.29, 0.717) is 0 Å². The first-order valence-corrected chi connectivity index (χ1v) is 2.86. The fourth-order valence-corrected chi connectivity index (χ4v) is 0.540. The molecule has 0 bridgehead atoms. The van der Waals surface area contributed by atoms with E-state index in [2.05, 4.69) is 25.7 Å². The number of hydrogen-bond acceptors (Lipinski definition) is 1. The molecule has 0 saturated carbocycles. The van der Waals surface area contributed by atoms with Gasteiger partial charge in [0, 0.05) is 25.8 Å². The second-order valence-electron chi connectivity index (χ2n) is 1.53. The predicted octanol–water partition coefficient (Wildman–Crippen LogP) is 1.16. The molecular weight excluding hydrogens is 265 g/mol. The molecule has 0 aliphatic carbocycles. The van der Waals surface area contributed by atoms with E-state index in [0.717, 1.165) is 19.6 Å². The molecule has 2 heteroatoms. The van der Waals surface area contributed by atoms with Crippen LogP contribution in [0.5, 0.6) is 0 Å². The van der Waals surface area contributed by atoms with Crippen molar-refractivity contribution in [3.05, 3.63) is 6.92 Å². The van der Waals surface area contributed by atoms with Crippen molar-refractivity contribution in [2.75, 3.05) is 19.6 Å². The van der Waals surface area contributed by atoms with Crippen molar-refractivity contribution in [3.8, 4) is 0 Å². The van der Waals surface area contributed by atoms with Crippen LogP contribution >= 0.6 is 0 Å². The van der Waals surface area contributed by atoms with Crippen LogP contribution < -0.4 is 0 Å². The van der Waals surface area contributed by atoms with Gasteiger partial charge in [0.2, 0.25) is 0 Å². The second-order valence-corrected chi connectivity index (χ2v) is 1.53. The number of hydrogen-bond donors (Lipinski definition) is 0. The van der Waals surface area contributed by atoms with E-state index in [4.69, 9.17) is 0 Å². The van der Waals surface area contributed by atoms with Crippen molar-refractivity contribution < 1.29 is 25.8 Å². The summed E-state index contributed by atoms with van der Waals surface area (Å²) in [4.78, 5) is 2.26. The van der Waals surface area contributed by atoms with E-state index < -0.39 is 0 Å². The summed E-state index contributed by atoms with van der Waals surface area (Å²) in [5, 5.41) is 0. The van der Waals surface area contributed by atoms with Crippen LogP contribution in [0.4, 0.5) is 0 Å². The van der Waals surface area contributed by atoms with Crippen molar-refractivity contribution in [1.29, 1.82) is 0 Å². The predicted molar refractivity (Wildman–Crippen MR) is 33.1 cm³/mol. The summed E-state index contributed by atoms with van der Waals surface area (Å²) in [6, 6.07) is 0. The summed E-state index contributed by atoms with van der Waals surface area (Å²) in [6.45, 7) is 11.2. The first-order chi connectivity index (χ1) is 3.35. The monoisotopic (exact) mass is 280 g/mol.